The number of hydrogen-bond acceptors (Lipinski definition) is 7. The van der Waals surface area contributed by atoms with E-state index in [0.717, 1.165) is 13.0 Å². The Labute approximate surface area is 201 Å². The average Bonchev–Trinajstić information content (AvgIpc) is 3.42. The van der Waals surface area contributed by atoms with E-state index in [9.17, 15) is 24.0 Å². The van der Waals surface area contributed by atoms with E-state index in [1.54, 1.807) is 0 Å². The van der Waals surface area contributed by atoms with Crippen LogP contribution in [0, 0.1) is 18.3 Å². The number of nitrogens with one attached hydrogen (secondary N) is 1. The van der Waals surface area contributed by atoms with Crippen molar-refractivity contribution < 1.29 is 28.7 Å². The Morgan fingerprint density at radius 1 is 1.29 bits per heavy atom. The Balaban J connectivity index is 1.94. The first-order valence-corrected chi connectivity index (χ1v) is 11.7. The first kappa shape index (κ1) is 27.3. The minimum atomic E-state index is -0.954. The van der Waals surface area contributed by atoms with Crippen molar-refractivity contribution in [2.75, 3.05) is 33.8 Å². The van der Waals surface area contributed by atoms with Crippen LogP contribution in [0.15, 0.2) is 0 Å². The highest BCUT2D eigenvalue weighted by Gasteiger charge is 2.39. The molecule has 5 unspecified atom stereocenters. The lowest BCUT2D eigenvalue weighted by Gasteiger charge is -2.32. The maximum Gasteiger partial charge on any atom is 0.323 e. The third-order valence-electron chi connectivity index (χ3n) is 6.45. The van der Waals surface area contributed by atoms with Crippen molar-refractivity contribution in [2.24, 2.45) is 5.92 Å². The second-order valence-electron chi connectivity index (χ2n) is 9.27. The number of carbonyl (C=O) groups is 5. The summed E-state index contributed by atoms with van der Waals surface area (Å²) in [5.74, 6) is 1.28. The average molecular weight is 477 g/mol. The molecular formula is C24H36N4O6. The van der Waals surface area contributed by atoms with E-state index < -0.39 is 29.9 Å². The number of likely N-dealkylation sites (tertiary alicyclic amines) is 2. The molecule has 0 saturated carbocycles. The fourth-order valence-electron chi connectivity index (χ4n) is 4.59. The summed E-state index contributed by atoms with van der Waals surface area (Å²) < 4.78 is 5.34. The predicted octanol–water partition coefficient (Wildman–Crippen LogP) is -0.195. The van der Waals surface area contributed by atoms with Crippen LogP contribution in [0.1, 0.15) is 46.0 Å². The number of rotatable bonds is 10. The van der Waals surface area contributed by atoms with E-state index in [4.69, 9.17) is 11.2 Å². The van der Waals surface area contributed by atoms with Crippen LogP contribution in [0.2, 0.25) is 0 Å². The molecule has 0 aromatic heterocycles. The lowest BCUT2D eigenvalue weighted by Crippen LogP contribution is -2.54. The van der Waals surface area contributed by atoms with Crippen molar-refractivity contribution in [3.8, 4) is 12.3 Å². The van der Waals surface area contributed by atoms with Gasteiger partial charge in [0.25, 0.3) is 0 Å². The van der Waals surface area contributed by atoms with E-state index in [-0.39, 0.29) is 37.4 Å². The van der Waals surface area contributed by atoms with Crippen LogP contribution in [-0.4, -0.2) is 103 Å². The van der Waals surface area contributed by atoms with E-state index in [1.165, 1.54) is 23.8 Å². The highest BCUT2D eigenvalue weighted by molar-refractivity contribution is 5.93. The van der Waals surface area contributed by atoms with Crippen LogP contribution < -0.4 is 5.32 Å². The number of ether oxygens (including phenoxy) is 1. The predicted molar refractivity (Wildman–Crippen MR) is 124 cm³/mol. The van der Waals surface area contributed by atoms with Crippen molar-refractivity contribution in [1.82, 2.24) is 20.0 Å². The summed E-state index contributed by atoms with van der Waals surface area (Å²) in [5.41, 5.74) is 0. The van der Waals surface area contributed by atoms with Gasteiger partial charge in [0.15, 0.2) is 0 Å². The fraction of sp³-hybridized carbons (Fsp3) is 0.708. The van der Waals surface area contributed by atoms with E-state index in [1.807, 2.05) is 11.9 Å². The number of nitrogens with zero attached hydrogens (tertiary/aromatic N) is 3. The second-order valence-corrected chi connectivity index (χ2v) is 9.27. The molecule has 0 aromatic carbocycles. The molecule has 0 spiro atoms. The molecular weight excluding hydrogens is 440 g/mol. The Morgan fingerprint density at radius 2 is 2.00 bits per heavy atom. The third-order valence-corrected chi connectivity index (χ3v) is 6.45. The third kappa shape index (κ3) is 6.79. The zero-order chi connectivity index (χ0) is 25.4. The lowest BCUT2D eigenvalue weighted by atomic mass is 10.1. The van der Waals surface area contributed by atoms with Gasteiger partial charge in [-0.2, -0.15) is 0 Å². The minimum absolute atomic E-state index is 0.0175. The Bertz CT molecular complexity index is 825. The van der Waals surface area contributed by atoms with Crippen LogP contribution in [0.4, 0.5) is 0 Å². The van der Waals surface area contributed by atoms with E-state index in [0.29, 0.717) is 31.6 Å². The summed E-state index contributed by atoms with van der Waals surface area (Å²) in [7, 11) is 3.35. The molecule has 188 valence electrons. The molecule has 0 aromatic rings. The molecule has 2 rings (SSSR count). The van der Waals surface area contributed by atoms with Crippen LogP contribution in [0.25, 0.3) is 0 Å². The molecule has 0 aliphatic carbocycles. The number of carbonyl (C=O) groups excluding carboxylic acids is 5. The van der Waals surface area contributed by atoms with E-state index in [2.05, 4.69) is 18.2 Å². The second kappa shape index (κ2) is 12.5. The maximum atomic E-state index is 13.2. The first-order chi connectivity index (χ1) is 16.1. The normalized spacial score (nSPS) is 24.1. The molecule has 10 heteroatoms. The van der Waals surface area contributed by atoms with Crippen LogP contribution in [0.5, 0.6) is 0 Å². The van der Waals surface area contributed by atoms with Crippen molar-refractivity contribution in [3.05, 3.63) is 0 Å². The number of hydrogen-bond donors (Lipinski definition) is 1. The quantitative estimate of drug-likeness (QED) is 0.264. The Kier molecular flexibility index (Phi) is 10.1. The van der Waals surface area contributed by atoms with Crippen molar-refractivity contribution in [1.29, 1.82) is 0 Å². The molecule has 2 aliphatic rings. The molecule has 2 aliphatic heterocycles. The number of aldehydes is 1. The topological polar surface area (TPSA) is 116 Å². The molecule has 2 fully saturated rings. The van der Waals surface area contributed by atoms with Crippen molar-refractivity contribution in [2.45, 2.75) is 70.1 Å². The van der Waals surface area contributed by atoms with Gasteiger partial charge in [0, 0.05) is 26.6 Å². The van der Waals surface area contributed by atoms with Gasteiger partial charge in [-0.3, -0.25) is 24.1 Å². The lowest BCUT2D eigenvalue weighted by molar-refractivity contribution is -0.151. The van der Waals surface area contributed by atoms with Gasteiger partial charge in [-0.15, -0.1) is 12.3 Å². The highest BCUT2D eigenvalue weighted by atomic mass is 16.5. The van der Waals surface area contributed by atoms with Gasteiger partial charge >= 0.3 is 5.97 Å². The molecule has 0 radical (unpaired) electrons. The zero-order valence-electron chi connectivity index (χ0n) is 20.5. The highest BCUT2D eigenvalue weighted by Crippen LogP contribution is 2.23. The summed E-state index contributed by atoms with van der Waals surface area (Å²) in [6.45, 7) is 4.80. The number of amides is 3. The van der Waals surface area contributed by atoms with Gasteiger partial charge in [0.05, 0.1) is 12.5 Å². The van der Waals surface area contributed by atoms with Gasteiger partial charge in [0.1, 0.15) is 31.0 Å². The summed E-state index contributed by atoms with van der Waals surface area (Å²) >= 11 is 0. The van der Waals surface area contributed by atoms with Crippen LogP contribution in [0.3, 0.4) is 0 Å². The maximum absolute atomic E-state index is 13.2. The summed E-state index contributed by atoms with van der Waals surface area (Å²) in [4.78, 5) is 66.4. The van der Waals surface area contributed by atoms with Crippen molar-refractivity contribution in [3.63, 3.8) is 0 Å². The van der Waals surface area contributed by atoms with Gasteiger partial charge in [-0.1, -0.05) is 6.92 Å². The molecule has 2 saturated heterocycles. The monoisotopic (exact) mass is 476 g/mol. The first-order valence-electron chi connectivity index (χ1n) is 11.7. The minimum Gasteiger partial charge on any atom is -0.464 e. The number of terminal acetylenes is 1. The van der Waals surface area contributed by atoms with Gasteiger partial charge in [-0.05, 0) is 39.2 Å². The molecule has 5 atom stereocenters. The Hall–Kier alpha value is -2.93. The molecule has 0 bridgehead atoms. The summed E-state index contributed by atoms with van der Waals surface area (Å²) in [6, 6.07) is -2.67. The SMILES string of the molecule is C#CCC(C(=O)NC(C)C=O)N(C)C(=O)C1CCCN1C(=O)CCOC(=O)C1CC(C)CN1C. The van der Waals surface area contributed by atoms with Crippen LogP contribution >= 0.6 is 0 Å². The van der Waals surface area contributed by atoms with Gasteiger partial charge in [0.2, 0.25) is 17.7 Å². The molecule has 34 heavy (non-hydrogen) atoms. The summed E-state index contributed by atoms with van der Waals surface area (Å²) in [6.07, 6.45) is 7.78. The van der Waals surface area contributed by atoms with Crippen LogP contribution in [-0.2, 0) is 28.7 Å². The molecule has 3 amide bonds. The zero-order valence-corrected chi connectivity index (χ0v) is 20.5. The van der Waals surface area contributed by atoms with Gasteiger partial charge in [-0.25, -0.2) is 0 Å². The standard InChI is InChI=1S/C24H36N4O6/c1-6-8-18(22(31)25-17(3)15-29)27(5)23(32)19-9-7-11-28(19)21(30)10-12-34-24(33)20-13-16(2)14-26(20)4/h1,15-20H,7-14H2,2-5H3,(H,25,31). The smallest absolute Gasteiger partial charge is 0.323 e. The van der Waals surface area contributed by atoms with E-state index >= 15 is 0 Å². The summed E-state index contributed by atoms with van der Waals surface area (Å²) in [5, 5.41) is 2.51. The van der Waals surface area contributed by atoms with Gasteiger partial charge < -0.3 is 24.6 Å². The number of esters is 1. The number of likely N-dealkylation sites (N-methyl/N-ethyl adjacent to an activating group) is 2. The molecule has 10 nitrogen and oxygen atoms in total. The molecule has 2 heterocycles. The fourth-order valence-corrected chi connectivity index (χ4v) is 4.59. The van der Waals surface area contributed by atoms with Crippen molar-refractivity contribution >= 4 is 30.0 Å². The molecule has 1 N–H and O–H groups in total. The largest absolute Gasteiger partial charge is 0.464 e. The Morgan fingerprint density at radius 3 is 2.59 bits per heavy atom.